The van der Waals surface area contributed by atoms with Crippen LogP contribution >= 0.6 is 15.9 Å². The van der Waals surface area contributed by atoms with Gasteiger partial charge in [0.15, 0.2) is 5.84 Å². The fraction of sp³-hybridized carbons (Fsp3) is 0.357. The number of piperidine rings is 1. The van der Waals surface area contributed by atoms with E-state index in [9.17, 15) is 14.0 Å². The Morgan fingerprint density at radius 1 is 1.43 bits per heavy atom. The summed E-state index contributed by atoms with van der Waals surface area (Å²) in [5.74, 6) is -1.14. The van der Waals surface area contributed by atoms with E-state index in [0.717, 1.165) is 6.41 Å². The summed E-state index contributed by atoms with van der Waals surface area (Å²) in [4.78, 5) is 24.4. The summed E-state index contributed by atoms with van der Waals surface area (Å²) >= 11 is 3.06. The van der Waals surface area contributed by atoms with E-state index in [-0.39, 0.29) is 22.0 Å². The standard InChI is InChI=1S/C14H15BrFN3O2/c15-11-7-10(1-2-12(11)16)18-14(17)13(21)9-3-5-19(8-20)6-4-9/h1-2,7-9H,3-6H2,(H2,17,18). The summed E-state index contributed by atoms with van der Waals surface area (Å²) in [7, 11) is 0. The first-order valence-electron chi connectivity index (χ1n) is 6.55. The molecule has 1 saturated heterocycles. The predicted octanol–water partition coefficient (Wildman–Crippen LogP) is 2.41. The van der Waals surface area contributed by atoms with Crippen LogP contribution in [-0.4, -0.2) is 36.0 Å². The number of likely N-dealkylation sites (tertiary alicyclic amines) is 1. The van der Waals surface area contributed by atoms with E-state index >= 15 is 0 Å². The van der Waals surface area contributed by atoms with Crippen LogP contribution in [0.25, 0.3) is 0 Å². The first-order chi connectivity index (χ1) is 10.0. The number of amides is 1. The molecule has 1 fully saturated rings. The molecule has 1 aromatic rings. The molecule has 2 rings (SSSR count). The van der Waals surface area contributed by atoms with Crippen molar-refractivity contribution in [3.63, 3.8) is 0 Å². The van der Waals surface area contributed by atoms with Crippen molar-refractivity contribution in [2.75, 3.05) is 18.4 Å². The molecule has 5 nitrogen and oxygen atoms in total. The molecule has 1 aliphatic rings. The first kappa shape index (κ1) is 15.6. The van der Waals surface area contributed by atoms with E-state index in [0.29, 0.717) is 31.6 Å². The second kappa shape index (κ2) is 6.80. The van der Waals surface area contributed by atoms with E-state index in [1.807, 2.05) is 0 Å². The van der Waals surface area contributed by atoms with Crippen LogP contribution in [0.2, 0.25) is 0 Å². The highest BCUT2D eigenvalue weighted by molar-refractivity contribution is 9.10. The summed E-state index contributed by atoms with van der Waals surface area (Å²) in [5, 5.41) is 10.5. The number of Topliss-reactive ketones (excluding diaryl/α,β-unsaturated/α-hetero) is 1. The second-order valence-corrected chi connectivity index (χ2v) is 5.76. The Morgan fingerprint density at radius 3 is 2.67 bits per heavy atom. The number of nitrogens with one attached hydrogen (secondary N) is 2. The summed E-state index contributed by atoms with van der Waals surface area (Å²) in [6.45, 7) is 1.07. The average molecular weight is 356 g/mol. The molecular weight excluding hydrogens is 341 g/mol. The van der Waals surface area contributed by atoms with E-state index in [2.05, 4.69) is 21.2 Å². The van der Waals surface area contributed by atoms with Gasteiger partial charge in [-0.1, -0.05) is 0 Å². The largest absolute Gasteiger partial charge is 0.345 e. The van der Waals surface area contributed by atoms with Crippen molar-refractivity contribution in [2.24, 2.45) is 5.92 Å². The van der Waals surface area contributed by atoms with Gasteiger partial charge in [0.05, 0.1) is 4.47 Å². The third-order valence-electron chi connectivity index (χ3n) is 3.48. The Balaban J connectivity index is 1.95. The minimum Gasteiger partial charge on any atom is -0.345 e. The molecular formula is C14H15BrFN3O2. The van der Waals surface area contributed by atoms with Crippen molar-refractivity contribution < 1.29 is 14.0 Å². The van der Waals surface area contributed by atoms with Crippen molar-refractivity contribution in [1.29, 1.82) is 5.41 Å². The molecule has 1 heterocycles. The number of rotatable bonds is 4. The van der Waals surface area contributed by atoms with E-state index < -0.39 is 5.82 Å². The molecule has 0 aliphatic carbocycles. The number of hydrogen-bond acceptors (Lipinski definition) is 3. The second-order valence-electron chi connectivity index (χ2n) is 4.91. The number of nitrogens with zero attached hydrogens (tertiary/aromatic N) is 1. The fourth-order valence-electron chi connectivity index (χ4n) is 2.25. The summed E-state index contributed by atoms with van der Waals surface area (Å²) in [6, 6.07) is 4.20. The van der Waals surface area contributed by atoms with Crippen LogP contribution in [0.15, 0.2) is 22.7 Å². The number of anilines is 1. The van der Waals surface area contributed by atoms with Crippen LogP contribution in [0, 0.1) is 17.1 Å². The van der Waals surface area contributed by atoms with Crippen molar-refractivity contribution in [3.05, 3.63) is 28.5 Å². The highest BCUT2D eigenvalue weighted by atomic mass is 79.9. The van der Waals surface area contributed by atoms with Gasteiger partial charge in [-0.2, -0.15) is 0 Å². The molecule has 7 heteroatoms. The maximum atomic E-state index is 13.1. The third kappa shape index (κ3) is 3.87. The van der Waals surface area contributed by atoms with Crippen LogP contribution in [0.4, 0.5) is 10.1 Å². The molecule has 0 saturated carbocycles. The topological polar surface area (TPSA) is 73.3 Å². The molecule has 2 N–H and O–H groups in total. The minimum atomic E-state index is -0.403. The Hall–Kier alpha value is -1.76. The zero-order chi connectivity index (χ0) is 15.4. The summed E-state index contributed by atoms with van der Waals surface area (Å²) in [6.07, 6.45) is 1.91. The zero-order valence-corrected chi connectivity index (χ0v) is 12.8. The SMILES string of the molecule is N=C(Nc1ccc(F)c(Br)c1)C(=O)C1CCN(C=O)CC1. The van der Waals surface area contributed by atoms with Crippen molar-refractivity contribution in [2.45, 2.75) is 12.8 Å². The van der Waals surface area contributed by atoms with E-state index in [1.165, 1.54) is 18.2 Å². The van der Waals surface area contributed by atoms with Gasteiger partial charge in [0.1, 0.15) is 5.82 Å². The normalized spacial score (nSPS) is 15.6. The number of halogens is 2. The van der Waals surface area contributed by atoms with Crippen LogP contribution in [0.3, 0.4) is 0 Å². The van der Waals surface area contributed by atoms with Crippen molar-refractivity contribution in [3.8, 4) is 0 Å². The Kier molecular flexibility index (Phi) is 5.06. The van der Waals surface area contributed by atoms with Gasteiger partial charge in [-0.15, -0.1) is 0 Å². The molecule has 21 heavy (non-hydrogen) atoms. The molecule has 1 aliphatic heterocycles. The third-order valence-corrected chi connectivity index (χ3v) is 4.09. The monoisotopic (exact) mass is 355 g/mol. The molecule has 0 atom stereocenters. The zero-order valence-electron chi connectivity index (χ0n) is 11.2. The Labute approximate surface area is 130 Å². The molecule has 0 spiro atoms. The van der Waals surface area contributed by atoms with Gasteiger partial charge in [0.2, 0.25) is 12.2 Å². The molecule has 1 amide bonds. The molecule has 0 bridgehead atoms. The van der Waals surface area contributed by atoms with Gasteiger partial charge in [-0.3, -0.25) is 15.0 Å². The number of carbonyl (C=O) groups is 2. The Bertz CT molecular complexity index is 571. The van der Waals surface area contributed by atoms with Crippen LogP contribution in [0.1, 0.15) is 12.8 Å². The molecule has 1 aromatic carbocycles. The minimum absolute atomic E-state index is 0.210. The van der Waals surface area contributed by atoms with Gasteiger partial charge in [-0.25, -0.2) is 4.39 Å². The fourth-order valence-corrected chi connectivity index (χ4v) is 2.63. The lowest BCUT2D eigenvalue weighted by Crippen LogP contribution is -2.38. The summed E-state index contributed by atoms with van der Waals surface area (Å²) in [5.41, 5.74) is 0.479. The predicted molar refractivity (Wildman–Crippen MR) is 80.8 cm³/mol. The van der Waals surface area contributed by atoms with Crippen LogP contribution in [-0.2, 0) is 9.59 Å². The van der Waals surface area contributed by atoms with Gasteiger partial charge < -0.3 is 10.2 Å². The van der Waals surface area contributed by atoms with Crippen molar-refractivity contribution in [1.82, 2.24) is 4.90 Å². The van der Waals surface area contributed by atoms with E-state index in [4.69, 9.17) is 5.41 Å². The lowest BCUT2D eigenvalue weighted by molar-refractivity contribution is -0.123. The highest BCUT2D eigenvalue weighted by Gasteiger charge is 2.27. The number of carbonyl (C=O) groups excluding carboxylic acids is 2. The number of benzene rings is 1. The first-order valence-corrected chi connectivity index (χ1v) is 7.34. The molecule has 0 radical (unpaired) electrons. The average Bonchev–Trinajstić information content (AvgIpc) is 2.50. The highest BCUT2D eigenvalue weighted by Crippen LogP contribution is 2.21. The quantitative estimate of drug-likeness (QED) is 0.494. The maximum Gasteiger partial charge on any atom is 0.209 e. The molecule has 112 valence electrons. The van der Waals surface area contributed by atoms with Gasteiger partial charge >= 0.3 is 0 Å². The number of hydrogen-bond donors (Lipinski definition) is 2. The smallest absolute Gasteiger partial charge is 0.209 e. The van der Waals surface area contributed by atoms with Crippen molar-refractivity contribution >= 4 is 39.6 Å². The van der Waals surface area contributed by atoms with Crippen LogP contribution in [0.5, 0.6) is 0 Å². The molecule has 0 unspecified atom stereocenters. The molecule has 0 aromatic heterocycles. The van der Waals surface area contributed by atoms with Gasteiger partial charge in [0.25, 0.3) is 0 Å². The lowest BCUT2D eigenvalue weighted by atomic mass is 9.92. The number of amidine groups is 1. The van der Waals surface area contributed by atoms with Gasteiger partial charge in [0, 0.05) is 24.7 Å². The maximum absolute atomic E-state index is 13.1. The lowest BCUT2D eigenvalue weighted by Gasteiger charge is -2.28. The number of ketones is 1. The van der Waals surface area contributed by atoms with E-state index in [1.54, 1.807) is 4.90 Å². The van der Waals surface area contributed by atoms with Crippen LogP contribution < -0.4 is 5.32 Å². The summed E-state index contributed by atoms with van der Waals surface area (Å²) < 4.78 is 13.4. The van der Waals surface area contributed by atoms with Gasteiger partial charge in [-0.05, 0) is 47.0 Å². The Morgan fingerprint density at radius 2 is 2.10 bits per heavy atom.